The Balaban J connectivity index is 1.50. The molecule has 0 bridgehead atoms. The summed E-state index contributed by atoms with van der Waals surface area (Å²) in [4.78, 5) is 19.7. The Morgan fingerprint density at radius 2 is 1.79 bits per heavy atom. The highest BCUT2D eigenvalue weighted by Gasteiger charge is 2.31. The van der Waals surface area contributed by atoms with Gasteiger partial charge in [-0.1, -0.05) is 17.7 Å². The average Bonchev–Trinajstić information content (AvgIpc) is 3.58. The van der Waals surface area contributed by atoms with Gasteiger partial charge in [0.15, 0.2) is 0 Å². The van der Waals surface area contributed by atoms with Gasteiger partial charge in [0.05, 0.1) is 22.4 Å². The van der Waals surface area contributed by atoms with Crippen molar-refractivity contribution in [2.45, 2.75) is 60.3 Å². The first kappa shape index (κ1) is 28.2. The Morgan fingerprint density at radius 1 is 1.07 bits per heavy atom. The second-order valence-electron chi connectivity index (χ2n) is 11.4. The van der Waals surface area contributed by atoms with Crippen LogP contribution < -0.4 is 11.1 Å². The maximum Gasteiger partial charge on any atom is 0.258 e. The largest absolute Gasteiger partial charge is 0.383 e. The van der Waals surface area contributed by atoms with Gasteiger partial charge in [0.1, 0.15) is 23.0 Å². The third-order valence-corrected chi connectivity index (χ3v) is 9.92. The fraction of sp³-hybridized carbons (Fsp3) is 0.257. The molecule has 0 unspecified atom stereocenters. The third kappa shape index (κ3) is 4.56. The number of nitrogen functional groups attached to an aromatic ring is 1. The molecule has 2 aliphatic carbocycles. The first-order valence-electron chi connectivity index (χ1n) is 14.4. The molecule has 0 fully saturated rings. The summed E-state index contributed by atoms with van der Waals surface area (Å²) in [6.45, 7) is 9.92. The van der Waals surface area contributed by atoms with Crippen molar-refractivity contribution >= 4 is 46.0 Å². The smallest absolute Gasteiger partial charge is 0.258 e. The average molecular weight is 585 g/mol. The number of aryl methyl sites for hydroxylation is 3. The fourth-order valence-electron chi connectivity index (χ4n) is 6.37. The van der Waals surface area contributed by atoms with Crippen LogP contribution in [0.4, 0.5) is 11.5 Å². The molecule has 3 heterocycles. The molecular weight excluding hydrogens is 552 g/mol. The predicted octanol–water partition coefficient (Wildman–Crippen LogP) is 7.60. The van der Waals surface area contributed by atoms with Crippen LogP contribution in [0.2, 0.25) is 0 Å². The van der Waals surface area contributed by atoms with Crippen LogP contribution in [0.25, 0.3) is 22.2 Å². The molecule has 1 amide bonds. The standard InChI is InChI=1S/C35H32N6OS/c1-18-10-12-24(13-11-18)39-34(42)31-25-8-6-7-9-29(25)43-35(31)41-19(2)14-23(22(41)5)15-26-20(3)27(16-36)32-30(26)21(4)28(17-37)33(38)40-32/h10-15H,6-9H2,1-5H3,(H2,38,40)(H,39,42)/b26-15-. The number of nitrogens with two attached hydrogens (primary N) is 1. The van der Waals surface area contributed by atoms with Crippen molar-refractivity contribution in [3.63, 3.8) is 0 Å². The van der Waals surface area contributed by atoms with Gasteiger partial charge < -0.3 is 15.6 Å². The molecule has 8 heteroatoms. The summed E-state index contributed by atoms with van der Waals surface area (Å²) in [6, 6.07) is 14.5. The summed E-state index contributed by atoms with van der Waals surface area (Å²) in [5.74, 6) is 0.0490. The molecule has 4 aromatic rings. The van der Waals surface area contributed by atoms with Crippen LogP contribution in [0.5, 0.6) is 0 Å². The van der Waals surface area contributed by atoms with Crippen LogP contribution >= 0.6 is 11.3 Å². The van der Waals surface area contributed by atoms with Crippen LogP contribution in [0.3, 0.4) is 0 Å². The number of benzene rings is 1. The number of carbonyl (C=O) groups is 1. The fourth-order valence-corrected chi connectivity index (χ4v) is 7.87. The lowest BCUT2D eigenvalue weighted by Crippen LogP contribution is -2.17. The van der Waals surface area contributed by atoms with E-state index in [1.54, 1.807) is 11.3 Å². The zero-order valence-electron chi connectivity index (χ0n) is 25.0. The number of nitrogens with one attached hydrogen (secondary N) is 1. The summed E-state index contributed by atoms with van der Waals surface area (Å²) in [7, 11) is 0. The highest BCUT2D eigenvalue weighted by atomic mass is 32.1. The Hall–Kier alpha value is -4.92. The SMILES string of the molecule is CC1=C(C#N)c2nc(N)c(C#N)c(C)c2/C1=C\c1cc(C)n(-c2sc3c(c2C(=O)Nc2ccc(C)cc2)CCCC3)c1C. The molecule has 214 valence electrons. The number of hydrogen-bond acceptors (Lipinski definition) is 6. The van der Waals surface area contributed by atoms with Crippen molar-refractivity contribution in [2.75, 3.05) is 11.1 Å². The molecule has 0 atom stereocenters. The topological polar surface area (TPSA) is 121 Å². The molecule has 1 aromatic carbocycles. The summed E-state index contributed by atoms with van der Waals surface area (Å²) in [5.41, 5.74) is 17.4. The first-order valence-corrected chi connectivity index (χ1v) is 15.2. The number of nitriles is 2. The zero-order valence-corrected chi connectivity index (χ0v) is 25.8. The van der Waals surface area contributed by atoms with Crippen LogP contribution in [0, 0.1) is 50.4 Å². The van der Waals surface area contributed by atoms with Crippen molar-refractivity contribution in [1.29, 1.82) is 10.5 Å². The lowest BCUT2D eigenvalue weighted by Gasteiger charge is -2.15. The second kappa shape index (κ2) is 10.7. The van der Waals surface area contributed by atoms with E-state index in [-0.39, 0.29) is 11.7 Å². The Kier molecular flexibility index (Phi) is 7.04. The molecular formula is C35H32N6OS. The number of aromatic nitrogens is 2. The van der Waals surface area contributed by atoms with Crippen molar-refractivity contribution in [2.24, 2.45) is 0 Å². The minimum Gasteiger partial charge on any atom is -0.383 e. The number of carbonyl (C=O) groups excluding carboxylic acids is 1. The normalized spacial score (nSPS) is 14.8. The maximum atomic E-state index is 13.9. The van der Waals surface area contributed by atoms with E-state index in [2.05, 4.69) is 53.0 Å². The van der Waals surface area contributed by atoms with Gasteiger partial charge in [-0.25, -0.2) is 4.98 Å². The number of pyridine rings is 1. The highest BCUT2D eigenvalue weighted by Crippen LogP contribution is 2.45. The van der Waals surface area contributed by atoms with Gasteiger partial charge in [-0.3, -0.25) is 4.79 Å². The van der Waals surface area contributed by atoms with E-state index in [9.17, 15) is 15.3 Å². The molecule has 43 heavy (non-hydrogen) atoms. The van der Waals surface area contributed by atoms with Crippen molar-refractivity contribution in [1.82, 2.24) is 9.55 Å². The van der Waals surface area contributed by atoms with Gasteiger partial charge in [-0.15, -0.1) is 11.3 Å². The van der Waals surface area contributed by atoms with Crippen LogP contribution in [0.1, 0.15) is 85.5 Å². The Bertz CT molecular complexity index is 1990. The maximum absolute atomic E-state index is 13.9. The summed E-state index contributed by atoms with van der Waals surface area (Å²) in [6.07, 6.45) is 6.15. The zero-order chi connectivity index (χ0) is 30.6. The summed E-state index contributed by atoms with van der Waals surface area (Å²) < 4.78 is 2.19. The summed E-state index contributed by atoms with van der Waals surface area (Å²) >= 11 is 1.71. The summed E-state index contributed by atoms with van der Waals surface area (Å²) in [5, 5.41) is 23.8. The highest BCUT2D eigenvalue weighted by molar-refractivity contribution is 7.15. The second-order valence-corrected chi connectivity index (χ2v) is 12.5. The minimum atomic E-state index is -0.0869. The van der Waals surface area contributed by atoms with Crippen LogP contribution in [0.15, 0.2) is 35.9 Å². The van der Waals surface area contributed by atoms with Crippen LogP contribution in [-0.4, -0.2) is 15.5 Å². The lowest BCUT2D eigenvalue weighted by molar-refractivity contribution is 0.102. The Labute approximate surface area is 255 Å². The number of anilines is 2. The predicted molar refractivity (Wildman–Crippen MR) is 173 cm³/mol. The van der Waals surface area contributed by atoms with E-state index in [0.29, 0.717) is 16.8 Å². The van der Waals surface area contributed by atoms with Crippen molar-refractivity contribution < 1.29 is 4.79 Å². The van der Waals surface area contributed by atoms with Crippen molar-refractivity contribution in [3.8, 4) is 17.1 Å². The number of hydrogen-bond donors (Lipinski definition) is 2. The van der Waals surface area contributed by atoms with Crippen molar-refractivity contribution in [3.05, 3.63) is 96.8 Å². The molecule has 0 spiro atoms. The first-order chi connectivity index (χ1) is 20.6. The molecule has 0 aliphatic heterocycles. The van der Waals surface area contributed by atoms with Gasteiger partial charge in [0, 0.05) is 27.5 Å². The molecule has 6 rings (SSSR count). The van der Waals surface area contributed by atoms with E-state index < -0.39 is 0 Å². The van der Waals surface area contributed by atoms with Gasteiger partial charge in [0.25, 0.3) is 5.91 Å². The molecule has 0 saturated heterocycles. The van der Waals surface area contributed by atoms with E-state index in [1.807, 2.05) is 45.0 Å². The minimum absolute atomic E-state index is 0.0869. The lowest BCUT2D eigenvalue weighted by atomic mass is 9.95. The van der Waals surface area contributed by atoms with E-state index in [1.165, 1.54) is 4.88 Å². The van der Waals surface area contributed by atoms with E-state index in [4.69, 9.17) is 5.73 Å². The molecule has 0 saturated carbocycles. The van der Waals surface area contributed by atoms with E-state index in [0.717, 1.165) is 92.3 Å². The van der Waals surface area contributed by atoms with Crippen LogP contribution in [-0.2, 0) is 12.8 Å². The third-order valence-electron chi connectivity index (χ3n) is 8.65. The molecule has 0 radical (unpaired) electrons. The number of thiophene rings is 1. The number of rotatable bonds is 4. The molecule has 2 aliphatic rings. The molecule has 7 nitrogen and oxygen atoms in total. The van der Waals surface area contributed by atoms with Gasteiger partial charge >= 0.3 is 0 Å². The van der Waals surface area contributed by atoms with Gasteiger partial charge in [-0.2, -0.15) is 10.5 Å². The van der Waals surface area contributed by atoms with Gasteiger partial charge in [-0.05, 0) is 112 Å². The number of amides is 1. The van der Waals surface area contributed by atoms with Gasteiger partial charge in [0.2, 0.25) is 0 Å². The monoisotopic (exact) mass is 584 g/mol. The quantitative estimate of drug-likeness (QED) is 0.256. The molecule has 3 N–H and O–H groups in total. The number of allylic oxidation sites excluding steroid dienone is 3. The number of nitrogens with zero attached hydrogens (tertiary/aromatic N) is 4. The number of fused-ring (bicyclic) bond motifs is 2. The molecule has 3 aromatic heterocycles. The van der Waals surface area contributed by atoms with E-state index >= 15 is 0 Å². The Morgan fingerprint density at radius 3 is 2.49 bits per heavy atom.